The van der Waals surface area contributed by atoms with Crippen LogP contribution in [0.4, 0.5) is 0 Å². The molecule has 2 N–H and O–H groups in total. The van der Waals surface area contributed by atoms with Gasteiger partial charge >= 0.3 is 11.6 Å². The second-order valence-electron chi connectivity index (χ2n) is 2.79. The lowest BCUT2D eigenvalue weighted by Crippen LogP contribution is -2.25. The van der Waals surface area contributed by atoms with Crippen molar-refractivity contribution in [3.8, 4) is 0 Å². The second-order valence-corrected chi connectivity index (χ2v) is 2.79. The van der Waals surface area contributed by atoms with Gasteiger partial charge in [-0.2, -0.15) is 0 Å². The first-order valence-electron chi connectivity index (χ1n) is 3.71. The van der Waals surface area contributed by atoms with Crippen molar-refractivity contribution in [3.63, 3.8) is 0 Å². The minimum Gasteiger partial charge on any atom is -0.481 e. The number of nitrogens with one attached hydrogen (secondary N) is 1. The van der Waals surface area contributed by atoms with Crippen LogP contribution in [-0.2, 0) is 16.1 Å². The lowest BCUT2D eigenvalue weighted by molar-refractivity contribution is -0.141. The van der Waals surface area contributed by atoms with Crippen LogP contribution in [0.2, 0.25) is 0 Å². The number of aromatic amines is 1. The highest BCUT2D eigenvalue weighted by atomic mass is 16.5. The van der Waals surface area contributed by atoms with Gasteiger partial charge in [-0.3, -0.25) is 4.79 Å². The monoisotopic (exact) mass is 185 g/mol. The summed E-state index contributed by atoms with van der Waals surface area (Å²) < 4.78 is 9.42. The summed E-state index contributed by atoms with van der Waals surface area (Å²) in [4.78, 5) is 21.6. The van der Waals surface area contributed by atoms with Crippen molar-refractivity contribution in [2.24, 2.45) is 0 Å². The molecular formula is C7H7NO5. The van der Waals surface area contributed by atoms with E-state index in [2.05, 4.69) is 9.68 Å². The number of carboxylic acids is 1. The van der Waals surface area contributed by atoms with E-state index in [0.717, 1.165) is 0 Å². The molecule has 0 spiro atoms. The highest BCUT2D eigenvalue weighted by molar-refractivity contribution is 5.76. The average Bonchev–Trinajstić information content (AvgIpc) is 2.48. The normalized spacial score (nSPS) is 21.1. The van der Waals surface area contributed by atoms with Crippen LogP contribution in [-0.4, -0.2) is 22.8 Å². The van der Waals surface area contributed by atoms with Crippen LogP contribution in [0.5, 0.6) is 0 Å². The summed E-state index contributed by atoms with van der Waals surface area (Å²) in [6, 6.07) is 0. The third kappa shape index (κ3) is 1.15. The van der Waals surface area contributed by atoms with Crippen LogP contribution in [0.1, 0.15) is 17.2 Å². The molecule has 0 fully saturated rings. The van der Waals surface area contributed by atoms with E-state index in [-0.39, 0.29) is 18.8 Å². The van der Waals surface area contributed by atoms with Crippen molar-refractivity contribution >= 4 is 5.97 Å². The Morgan fingerprint density at radius 2 is 2.38 bits per heavy atom. The van der Waals surface area contributed by atoms with Gasteiger partial charge in [0.05, 0.1) is 24.5 Å². The molecule has 1 aromatic heterocycles. The van der Waals surface area contributed by atoms with Gasteiger partial charge < -0.3 is 14.4 Å². The molecule has 0 bridgehead atoms. The van der Waals surface area contributed by atoms with Gasteiger partial charge in [0.25, 0.3) is 0 Å². The standard InChI is InChI=1S/C7H7NO5/c9-6(10)3-1-12-2-4-5(3)8-13-7(4)11/h3,8H,1-2H2,(H,9,10). The van der Waals surface area contributed by atoms with Gasteiger partial charge in [-0.05, 0) is 0 Å². The van der Waals surface area contributed by atoms with Crippen LogP contribution >= 0.6 is 0 Å². The molecule has 1 atom stereocenters. The number of ether oxygens (including phenoxy) is 1. The molecule has 0 saturated heterocycles. The van der Waals surface area contributed by atoms with Gasteiger partial charge in [-0.25, -0.2) is 9.95 Å². The van der Waals surface area contributed by atoms with Crippen LogP contribution in [0.25, 0.3) is 0 Å². The van der Waals surface area contributed by atoms with Gasteiger partial charge in [-0.15, -0.1) is 0 Å². The molecule has 13 heavy (non-hydrogen) atoms. The van der Waals surface area contributed by atoms with Gasteiger partial charge in [0.2, 0.25) is 0 Å². The summed E-state index contributed by atoms with van der Waals surface area (Å²) in [6.07, 6.45) is 0. The summed E-state index contributed by atoms with van der Waals surface area (Å²) in [6.45, 7) is 0.183. The number of rotatable bonds is 1. The molecule has 2 rings (SSSR count). The van der Waals surface area contributed by atoms with Gasteiger partial charge in [0, 0.05) is 0 Å². The maximum Gasteiger partial charge on any atom is 0.363 e. The van der Waals surface area contributed by atoms with E-state index in [1.165, 1.54) is 0 Å². The molecule has 1 aliphatic heterocycles. The third-order valence-corrected chi connectivity index (χ3v) is 2.00. The molecule has 0 aliphatic carbocycles. The van der Waals surface area contributed by atoms with E-state index in [1.54, 1.807) is 0 Å². The fourth-order valence-corrected chi connectivity index (χ4v) is 1.31. The van der Waals surface area contributed by atoms with E-state index in [1.807, 2.05) is 0 Å². The van der Waals surface area contributed by atoms with Crippen molar-refractivity contribution < 1.29 is 19.2 Å². The van der Waals surface area contributed by atoms with Crippen LogP contribution in [0, 0.1) is 0 Å². The summed E-state index contributed by atoms with van der Waals surface area (Å²) in [5.41, 5.74) is 0.0448. The Hall–Kier alpha value is -1.56. The van der Waals surface area contributed by atoms with E-state index in [0.29, 0.717) is 5.69 Å². The van der Waals surface area contributed by atoms with Gasteiger partial charge in [0.1, 0.15) is 5.92 Å². The quantitative estimate of drug-likeness (QED) is 0.624. The predicted octanol–water partition coefficient (Wildman–Crippen LogP) is -0.334. The molecule has 0 amide bonds. The Morgan fingerprint density at radius 3 is 3.08 bits per heavy atom. The first-order chi connectivity index (χ1) is 6.20. The van der Waals surface area contributed by atoms with E-state index >= 15 is 0 Å². The van der Waals surface area contributed by atoms with Crippen molar-refractivity contribution in [2.75, 3.05) is 6.61 Å². The Kier molecular flexibility index (Phi) is 1.70. The number of aliphatic carboxylic acids is 1. The van der Waals surface area contributed by atoms with Crippen LogP contribution in [0.3, 0.4) is 0 Å². The number of hydrogen-bond donors (Lipinski definition) is 2. The Labute approximate surface area is 72.1 Å². The average molecular weight is 185 g/mol. The molecule has 6 heteroatoms. The van der Waals surface area contributed by atoms with Gasteiger partial charge in [-0.1, -0.05) is 0 Å². The maximum atomic E-state index is 11.0. The smallest absolute Gasteiger partial charge is 0.363 e. The summed E-state index contributed by atoms with van der Waals surface area (Å²) in [5.74, 6) is -1.85. The summed E-state index contributed by atoms with van der Waals surface area (Å²) >= 11 is 0. The molecule has 1 unspecified atom stereocenters. The number of H-pyrrole nitrogens is 1. The van der Waals surface area contributed by atoms with Crippen molar-refractivity contribution in [1.82, 2.24) is 5.16 Å². The second kappa shape index (κ2) is 2.74. The molecule has 2 heterocycles. The number of aromatic nitrogens is 1. The number of fused-ring (bicyclic) bond motifs is 1. The maximum absolute atomic E-state index is 11.0. The van der Waals surface area contributed by atoms with Crippen LogP contribution < -0.4 is 5.63 Å². The molecule has 1 aliphatic rings. The number of carbonyl (C=O) groups is 1. The lowest BCUT2D eigenvalue weighted by Gasteiger charge is -2.16. The van der Waals surface area contributed by atoms with E-state index < -0.39 is 17.5 Å². The molecule has 6 nitrogen and oxygen atoms in total. The molecule has 0 aromatic carbocycles. The summed E-state index contributed by atoms with van der Waals surface area (Å²) in [7, 11) is 0. The Morgan fingerprint density at radius 1 is 1.62 bits per heavy atom. The van der Waals surface area contributed by atoms with Gasteiger partial charge in [0.15, 0.2) is 0 Å². The molecule has 70 valence electrons. The zero-order valence-electron chi connectivity index (χ0n) is 6.57. The zero-order valence-corrected chi connectivity index (χ0v) is 6.57. The fourth-order valence-electron chi connectivity index (χ4n) is 1.31. The SMILES string of the molecule is O=C(O)C1COCc2c1[nH]oc2=O. The molecule has 1 aromatic rings. The zero-order chi connectivity index (χ0) is 9.42. The summed E-state index contributed by atoms with van der Waals surface area (Å²) in [5, 5.41) is 11.1. The highest BCUT2D eigenvalue weighted by Gasteiger charge is 2.31. The lowest BCUT2D eigenvalue weighted by atomic mass is 10.0. The van der Waals surface area contributed by atoms with Crippen molar-refractivity contribution in [2.45, 2.75) is 12.5 Å². The highest BCUT2D eigenvalue weighted by Crippen LogP contribution is 2.22. The molecule has 0 radical (unpaired) electrons. The predicted molar refractivity (Wildman–Crippen MR) is 39.4 cm³/mol. The topological polar surface area (TPSA) is 92.5 Å². The Balaban J connectivity index is 2.49. The first-order valence-corrected chi connectivity index (χ1v) is 3.71. The first kappa shape index (κ1) is 8.06. The number of carboxylic acid groups (broad SMARTS) is 1. The molecular weight excluding hydrogens is 178 g/mol. The largest absolute Gasteiger partial charge is 0.481 e. The van der Waals surface area contributed by atoms with Crippen molar-refractivity contribution in [3.05, 3.63) is 21.7 Å². The van der Waals surface area contributed by atoms with E-state index in [4.69, 9.17) is 9.84 Å². The minimum absolute atomic E-state index is 0.0673. The fraction of sp³-hybridized carbons (Fsp3) is 0.429. The van der Waals surface area contributed by atoms with E-state index in [9.17, 15) is 9.59 Å². The molecule has 0 saturated carbocycles. The third-order valence-electron chi connectivity index (χ3n) is 2.00. The van der Waals surface area contributed by atoms with Crippen LogP contribution in [0.15, 0.2) is 9.32 Å². The van der Waals surface area contributed by atoms with Crippen molar-refractivity contribution in [1.29, 1.82) is 0 Å². The Bertz CT molecular complexity index is 390. The number of hydrogen-bond acceptors (Lipinski definition) is 4. The minimum atomic E-state index is -1.03.